The number of nitrogens with zero attached hydrogens (tertiary/aromatic N) is 3. The van der Waals surface area contributed by atoms with E-state index in [0.29, 0.717) is 0 Å². The molecule has 1 atom stereocenters. The number of aryl methyl sites for hydroxylation is 2. The second-order valence-corrected chi connectivity index (χ2v) is 3.71. The van der Waals surface area contributed by atoms with Crippen LogP contribution in [0.4, 0.5) is 0 Å². The standard InChI is InChI=1S/C11H15N5/c1-8-7-13-5-3-9(8)11(15-12)10-4-6-14-16(10)2/h3-7,11,15H,12H2,1-2H3. The summed E-state index contributed by atoms with van der Waals surface area (Å²) in [6.45, 7) is 2.02. The lowest BCUT2D eigenvalue weighted by molar-refractivity contribution is 0.572. The van der Waals surface area contributed by atoms with Crippen LogP contribution in [0.1, 0.15) is 22.9 Å². The maximum absolute atomic E-state index is 5.62. The van der Waals surface area contributed by atoms with E-state index in [1.54, 1.807) is 12.4 Å². The van der Waals surface area contributed by atoms with E-state index in [1.807, 2.05) is 37.0 Å². The minimum absolute atomic E-state index is 0.0597. The van der Waals surface area contributed by atoms with Crippen molar-refractivity contribution >= 4 is 0 Å². The van der Waals surface area contributed by atoms with Crippen LogP contribution in [0.3, 0.4) is 0 Å². The maximum Gasteiger partial charge on any atom is 0.0881 e. The molecule has 16 heavy (non-hydrogen) atoms. The van der Waals surface area contributed by atoms with Gasteiger partial charge >= 0.3 is 0 Å². The van der Waals surface area contributed by atoms with Crippen LogP contribution in [-0.4, -0.2) is 14.8 Å². The molecule has 5 nitrogen and oxygen atoms in total. The molecule has 0 saturated carbocycles. The topological polar surface area (TPSA) is 68.8 Å². The van der Waals surface area contributed by atoms with Crippen LogP contribution >= 0.6 is 0 Å². The molecule has 2 heterocycles. The summed E-state index contributed by atoms with van der Waals surface area (Å²) in [5.74, 6) is 5.62. The van der Waals surface area contributed by atoms with Gasteiger partial charge in [-0.1, -0.05) is 0 Å². The zero-order chi connectivity index (χ0) is 11.5. The van der Waals surface area contributed by atoms with E-state index in [-0.39, 0.29) is 6.04 Å². The highest BCUT2D eigenvalue weighted by atomic mass is 15.3. The van der Waals surface area contributed by atoms with Crippen molar-refractivity contribution in [3.63, 3.8) is 0 Å². The van der Waals surface area contributed by atoms with Crippen molar-refractivity contribution in [2.45, 2.75) is 13.0 Å². The summed E-state index contributed by atoms with van der Waals surface area (Å²) in [4.78, 5) is 4.07. The molecule has 0 aliphatic heterocycles. The fraction of sp³-hybridized carbons (Fsp3) is 0.273. The summed E-state index contributed by atoms with van der Waals surface area (Å²) in [5.41, 5.74) is 6.05. The molecule has 2 aromatic rings. The van der Waals surface area contributed by atoms with Gasteiger partial charge in [0.2, 0.25) is 0 Å². The third-order valence-corrected chi connectivity index (χ3v) is 2.70. The number of hydrazine groups is 1. The lowest BCUT2D eigenvalue weighted by Crippen LogP contribution is -2.30. The zero-order valence-electron chi connectivity index (χ0n) is 9.38. The number of aromatic nitrogens is 3. The first-order valence-electron chi connectivity index (χ1n) is 5.08. The normalized spacial score (nSPS) is 12.7. The number of hydrogen-bond donors (Lipinski definition) is 2. The van der Waals surface area contributed by atoms with Crippen molar-refractivity contribution in [2.75, 3.05) is 0 Å². The summed E-state index contributed by atoms with van der Waals surface area (Å²) in [5, 5.41) is 4.15. The highest BCUT2D eigenvalue weighted by molar-refractivity contribution is 5.31. The Kier molecular flexibility index (Phi) is 2.98. The SMILES string of the molecule is Cc1cnccc1C(NN)c1ccnn1C. The van der Waals surface area contributed by atoms with Gasteiger partial charge in [0.15, 0.2) is 0 Å². The molecule has 0 amide bonds. The monoisotopic (exact) mass is 217 g/mol. The lowest BCUT2D eigenvalue weighted by Gasteiger charge is -2.18. The smallest absolute Gasteiger partial charge is 0.0881 e. The molecule has 0 fully saturated rings. The van der Waals surface area contributed by atoms with Crippen molar-refractivity contribution in [3.8, 4) is 0 Å². The Balaban J connectivity index is 2.45. The van der Waals surface area contributed by atoms with Gasteiger partial charge in [-0.05, 0) is 30.2 Å². The molecule has 0 aliphatic carbocycles. The van der Waals surface area contributed by atoms with Gasteiger partial charge < -0.3 is 0 Å². The molecule has 0 radical (unpaired) electrons. The second-order valence-electron chi connectivity index (χ2n) is 3.71. The molecule has 2 aromatic heterocycles. The van der Waals surface area contributed by atoms with Gasteiger partial charge in [-0.15, -0.1) is 0 Å². The van der Waals surface area contributed by atoms with Gasteiger partial charge in [-0.25, -0.2) is 5.43 Å². The fourth-order valence-corrected chi connectivity index (χ4v) is 1.81. The molecular formula is C11H15N5. The van der Waals surface area contributed by atoms with Crippen LogP contribution in [0, 0.1) is 6.92 Å². The highest BCUT2D eigenvalue weighted by Crippen LogP contribution is 2.22. The summed E-state index contributed by atoms with van der Waals surface area (Å²) in [7, 11) is 1.90. The van der Waals surface area contributed by atoms with Gasteiger partial charge in [0, 0.05) is 25.6 Å². The number of rotatable bonds is 3. The molecule has 84 valence electrons. The molecular weight excluding hydrogens is 202 g/mol. The largest absolute Gasteiger partial charge is 0.271 e. The van der Waals surface area contributed by atoms with E-state index in [0.717, 1.165) is 16.8 Å². The van der Waals surface area contributed by atoms with Gasteiger partial charge in [0.1, 0.15) is 0 Å². The van der Waals surface area contributed by atoms with Gasteiger partial charge in [-0.3, -0.25) is 15.5 Å². The number of pyridine rings is 1. The van der Waals surface area contributed by atoms with Crippen LogP contribution in [0.5, 0.6) is 0 Å². The van der Waals surface area contributed by atoms with E-state index >= 15 is 0 Å². The minimum atomic E-state index is -0.0597. The Bertz CT molecular complexity index is 477. The highest BCUT2D eigenvalue weighted by Gasteiger charge is 2.17. The first kappa shape index (κ1) is 10.8. The third-order valence-electron chi connectivity index (χ3n) is 2.70. The molecule has 0 bridgehead atoms. The van der Waals surface area contributed by atoms with Crippen LogP contribution in [0.2, 0.25) is 0 Å². The Hall–Kier alpha value is -1.72. The van der Waals surface area contributed by atoms with Crippen LogP contribution in [-0.2, 0) is 7.05 Å². The van der Waals surface area contributed by atoms with E-state index in [2.05, 4.69) is 15.5 Å². The molecule has 0 spiro atoms. The Morgan fingerprint density at radius 1 is 1.38 bits per heavy atom. The third kappa shape index (κ3) is 1.82. The zero-order valence-corrected chi connectivity index (χ0v) is 9.38. The quantitative estimate of drug-likeness (QED) is 0.586. The van der Waals surface area contributed by atoms with Crippen LogP contribution < -0.4 is 11.3 Å². The summed E-state index contributed by atoms with van der Waals surface area (Å²) < 4.78 is 1.81. The number of hydrogen-bond acceptors (Lipinski definition) is 4. The first-order valence-corrected chi connectivity index (χ1v) is 5.08. The molecule has 2 rings (SSSR count). The number of nitrogens with one attached hydrogen (secondary N) is 1. The predicted molar refractivity (Wildman–Crippen MR) is 61.3 cm³/mol. The van der Waals surface area contributed by atoms with Gasteiger partial charge in [0.25, 0.3) is 0 Å². The van der Waals surface area contributed by atoms with E-state index in [9.17, 15) is 0 Å². The molecule has 3 N–H and O–H groups in total. The average molecular weight is 217 g/mol. The fourth-order valence-electron chi connectivity index (χ4n) is 1.81. The van der Waals surface area contributed by atoms with Crippen molar-refractivity contribution in [3.05, 3.63) is 47.5 Å². The van der Waals surface area contributed by atoms with Gasteiger partial charge in [0.05, 0.1) is 11.7 Å². The van der Waals surface area contributed by atoms with Crippen LogP contribution in [0.25, 0.3) is 0 Å². The van der Waals surface area contributed by atoms with E-state index < -0.39 is 0 Å². The van der Waals surface area contributed by atoms with E-state index in [1.165, 1.54) is 0 Å². The van der Waals surface area contributed by atoms with Gasteiger partial charge in [-0.2, -0.15) is 5.10 Å². The molecule has 0 aromatic carbocycles. The Labute approximate surface area is 94.3 Å². The molecule has 5 heteroatoms. The lowest BCUT2D eigenvalue weighted by atomic mass is 10.0. The minimum Gasteiger partial charge on any atom is -0.271 e. The van der Waals surface area contributed by atoms with E-state index in [4.69, 9.17) is 5.84 Å². The molecule has 1 unspecified atom stereocenters. The van der Waals surface area contributed by atoms with Crippen molar-refractivity contribution in [1.82, 2.24) is 20.2 Å². The van der Waals surface area contributed by atoms with Crippen molar-refractivity contribution in [1.29, 1.82) is 0 Å². The molecule has 0 saturated heterocycles. The Morgan fingerprint density at radius 3 is 2.75 bits per heavy atom. The second kappa shape index (κ2) is 4.42. The van der Waals surface area contributed by atoms with Crippen LogP contribution in [0.15, 0.2) is 30.7 Å². The van der Waals surface area contributed by atoms with Crippen molar-refractivity contribution in [2.24, 2.45) is 12.9 Å². The predicted octanol–water partition coefficient (Wildman–Crippen LogP) is 0.676. The average Bonchev–Trinajstić information content (AvgIpc) is 2.69. The summed E-state index contributed by atoms with van der Waals surface area (Å²) in [6, 6.07) is 3.85. The summed E-state index contributed by atoms with van der Waals surface area (Å²) in [6.07, 6.45) is 5.36. The Morgan fingerprint density at radius 2 is 2.19 bits per heavy atom. The summed E-state index contributed by atoms with van der Waals surface area (Å²) >= 11 is 0. The first-order chi connectivity index (χ1) is 7.74. The maximum atomic E-state index is 5.62. The number of nitrogens with two attached hydrogens (primary N) is 1. The molecule has 0 aliphatic rings. The van der Waals surface area contributed by atoms with Crippen molar-refractivity contribution < 1.29 is 0 Å².